The molecule has 1 aliphatic heterocycles. The van der Waals surface area contributed by atoms with E-state index >= 15 is 0 Å². The fourth-order valence-electron chi connectivity index (χ4n) is 5.50. The summed E-state index contributed by atoms with van der Waals surface area (Å²) in [7, 11) is 2.16. The van der Waals surface area contributed by atoms with Gasteiger partial charge in [0.15, 0.2) is 11.6 Å². The number of halogens is 1. The lowest BCUT2D eigenvalue weighted by Gasteiger charge is -2.30. The van der Waals surface area contributed by atoms with E-state index in [0.717, 1.165) is 55.5 Å². The van der Waals surface area contributed by atoms with Gasteiger partial charge in [0.25, 0.3) is 0 Å². The maximum Gasteiger partial charge on any atom is 0.229 e. The van der Waals surface area contributed by atoms with Crippen LogP contribution in [0.5, 0.6) is 0 Å². The Balaban J connectivity index is 1.27. The smallest absolute Gasteiger partial charge is 0.229 e. The van der Waals surface area contributed by atoms with Crippen LogP contribution in [0.25, 0.3) is 0 Å². The van der Waals surface area contributed by atoms with Crippen molar-refractivity contribution in [3.8, 4) is 0 Å². The van der Waals surface area contributed by atoms with Gasteiger partial charge in [-0.25, -0.2) is 9.37 Å². The minimum absolute atomic E-state index is 0.0759. The molecule has 1 saturated carbocycles. The van der Waals surface area contributed by atoms with E-state index in [-0.39, 0.29) is 41.5 Å². The number of carbonyl (C=O) groups is 1. The molecule has 2 heterocycles. The average Bonchev–Trinajstić information content (AvgIpc) is 3.41. The molecule has 2 aliphatic carbocycles. The number of amides is 1. The Kier molecular flexibility index (Phi) is 6.12. The van der Waals surface area contributed by atoms with Crippen molar-refractivity contribution in [2.24, 2.45) is 23.5 Å². The Bertz CT molecular complexity index is 1100. The maximum absolute atomic E-state index is 14.5. The van der Waals surface area contributed by atoms with Gasteiger partial charge in [-0.2, -0.15) is 4.98 Å². The first-order valence-corrected chi connectivity index (χ1v) is 12.0. The summed E-state index contributed by atoms with van der Waals surface area (Å²) in [6.07, 6.45) is 8.36. The monoisotopic (exact) mass is 465 g/mol. The molecule has 5 N–H and O–H groups in total. The molecule has 8 nitrogen and oxygen atoms in total. The molecule has 5 rings (SSSR count). The van der Waals surface area contributed by atoms with Crippen LogP contribution >= 0.6 is 0 Å². The lowest BCUT2D eigenvalue weighted by atomic mass is 9.88. The summed E-state index contributed by atoms with van der Waals surface area (Å²) in [5, 5.41) is 9.96. The van der Waals surface area contributed by atoms with Crippen LogP contribution in [-0.2, 0) is 4.79 Å². The predicted octanol–water partition coefficient (Wildman–Crippen LogP) is 3.26. The van der Waals surface area contributed by atoms with Gasteiger partial charge in [-0.05, 0) is 81.9 Å². The first-order valence-electron chi connectivity index (χ1n) is 12.0. The number of aromatic nitrogens is 2. The number of benzene rings is 1. The third-order valence-electron chi connectivity index (χ3n) is 7.40. The zero-order chi connectivity index (χ0) is 23.8. The highest BCUT2D eigenvalue weighted by Crippen LogP contribution is 2.44. The van der Waals surface area contributed by atoms with E-state index in [1.54, 1.807) is 0 Å². The predicted molar refractivity (Wildman–Crippen MR) is 131 cm³/mol. The number of rotatable bonds is 7. The number of carbonyl (C=O) groups excluding carboxylic acids is 1. The molecule has 34 heavy (non-hydrogen) atoms. The SMILES string of the molecule is Cc1cc(Nc2ncc(F)c(NC3C4C=CC(C4)C3C(N)=O)n2)ccc1NC1CCN(C)CC1. The number of primary amides is 1. The molecule has 0 radical (unpaired) electrons. The van der Waals surface area contributed by atoms with Gasteiger partial charge in [0.05, 0.1) is 12.1 Å². The summed E-state index contributed by atoms with van der Waals surface area (Å²) >= 11 is 0. The van der Waals surface area contributed by atoms with Gasteiger partial charge in [-0.15, -0.1) is 0 Å². The van der Waals surface area contributed by atoms with E-state index < -0.39 is 5.82 Å². The highest BCUT2D eigenvalue weighted by molar-refractivity contribution is 5.79. The number of likely N-dealkylation sites (tertiary alicyclic amines) is 1. The molecule has 3 aliphatic rings. The fraction of sp³-hybridized carbons (Fsp3) is 0.480. The van der Waals surface area contributed by atoms with Crippen molar-refractivity contribution in [2.75, 3.05) is 36.1 Å². The molecule has 1 amide bonds. The molecule has 2 aromatic rings. The average molecular weight is 466 g/mol. The minimum atomic E-state index is -0.561. The number of piperidine rings is 1. The van der Waals surface area contributed by atoms with E-state index in [4.69, 9.17) is 5.73 Å². The Labute approximate surface area is 199 Å². The van der Waals surface area contributed by atoms with Gasteiger partial charge in [0, 0.05) is 23.5 Å². The first kappa shape index (κ1) is 22.6. The number of anilines is 4. The Morgan fingerprint density at radius 2 is 1.94 bits per heavy atom. The molecule has 1 aromatic heterocycles. The maximum atomic E-state index is 14.5. The Hall–Kier alpha value is -3.20. The fourth-order valence-corrected chi connectivity index (χ4v) is 5.50. The molecule has 1 saturated heterocycles. The summed E-state index contributed by atoms with van der Waals surface area (Å²) < 4.78 is 14.5. The lowest BCUT2D eigenvalue weighted by Crippen LogP contribution is -2.41. The highest BCUT2D eigenvalue weighted by atomic mass is 19.1. The molecule has 2 bridgehead atoms. The lowest BCUT2D eigenvalue weighted by molar-refractivity contribution is -0.122. The number of nitrogens with zero attached hydrogens (tertiary/aromatic N) is 3. The van der Waals surface area contributed by atoms with E-state index in [2.05, 4.69) is 56.9 Å². The summed E-state index contributed by atoms with van der Waals surface area (Å²) in [4.78, 5) is 22.8. The Morgan fingerprint density at radius 3 is 2.68 bits per heavy atom. The van der Waals surface area contributed by atoms with Crippen molar-refractivity contribution >= 4 is 29.0 Å². The number of nitrogens with one attached hydrogen (secondary N) is 3. The van der Waals surface area contributed by atoms with E-state index in [1.165, 1.54) is 0 Å². The topological polar surface area (TPSA) is 108 Å². The molecular formula is C25H32FN7O. The normalized spacial score (nSPS) is 26.6. The first-order chi connectivity index (χ1) is 16.4. The van der Waals surface area contributed by atoms with Gasteiger partial charge in [0.1, 0.15) is 0 Å². The van der Waals surface area contributed by atoms with Crippen molar-refractivity contribution < 1.29 is 9.18 Å². The van der Waals surface area contributed by atoms with Crippen LogP contribution in [0, 0.1) is 30.5 Å². The van der Waals surface area contributed by atoms with Crippen molar-refractivity contribution in [3.63, 3.8) is 0 Å². The quantitative estimate of drug-likeness (QED) is 0.465. The molecule has 1 aromatic carbocycles. The van der Waals surface area contributed by atoms with Gasteiger partial charge in [-0.3, -0.25) is 4.79 Å². The van der Waals surface area contributed by atoms with Crippen LogP contribution in [-0.4, -0.2) is 53.0 Å². The molecule has 4 atom stereocenters. The zero-order valence-electron chi connectivity index (χ0n) is 19.6. The summed E-state index contributed by atoms with van der Waals surface area (Å²) in [5.74, 6) is -0.692. The summed E-state index contributed by atoms with van der Waals surface area (Å²) in [6, 6.07) is 6.26. The van der Waals surface area contributed by atoms with Crippen molar-refractivity contribution in [2.45, 2.75) is 38.3 Å². The third kappa shape index (κ3) is 4.57. The number of aryl methyl sites for hydroxylation is 1. The molecule has 180 valence electrons. The van der Waals surface area contributed by atoms with Crippen molar-refractivity contribution in [1.82, 2.24) is 14.9 Å². The van der Waals surface area contributed by atoms with Gasteiger partial charge >= 0.3 is 0 Å². The molecule has 9 heteroatoms. The van der Waals surface area contributed by atoms with Crippen LogP contribution in [0.3, 0.4) is 0 Å². The highest BCUT2D eigenvalue weighted by Gasteiger charge is 2.47. The van der Waals surface area contributed by atoms with Crippen LogP contribution in [0.4, 0.5) is 27.5 Å². The number of hydrogen-bond acceptors (Lipinski definition) is 7. The van der Waals surface area contributed by atoms with Crippen LogP contribution in [0.1, 0.15) is 24.8 Å². The van der Waals surface area contributed by atoms with Crippen LogP contribution < -0.4 is 21.7 Å². The Morgan fingerprint density at radius 1 is 1.18 bits per heavy atom. The standard InChI is InChI=1S/C25H32FN7O/c1-14-11-18(5-6-20(14)29-17-7-9-33(2)10-8-17)30-25-28-13-19(26)24(32-25)31-22-16-4-3-15(12-16)21(22)23(27)34/h3-6,11,13,15-17,21-22,29H,7-10,12H2,1-2H3,(H2,27,34)(H2,28,30,31,32). The molecule has 2 fully saturated rings. The second-order valence-corrected chi connectivity index (χ2v) is 9.81. The number of nitrogens with two attached hydrogens (primary N) is 1. The number of fused-ring (bicyclic) bond motifs is 2. The van der Waals surface area contributed by atoms with Crippen LogP contribution in [0.2, 0.25) is 0 Å². The third-order valence-corrected chi connectivity index (χ3v) is 7.40. The van der Waals surface area contributed by atoms with E-state index in [9.17, 15) is 9.18 Å². The second-order valence-electron chi connectivity index (χ2n) is 9.81. The van der Waals surface area contributed by atoms with Gasteiger partial charge in [0.2, 0.25) is 11.9 Å². The summed E-state index contributed by atoms with van der Waals surface area (Å²) in [6.45, 7) is 4.27. The van der Waals surface area contributed by atoms with Gasteiger partial charge < -0.3 is 26.6 Å². The van der Waals surface area contributed by atoms with Crippen LogP contribution in [0.15, 0.2) is 36.5 Å². The summed E-state index contributed by atoms with van der Waals surface area (Å²) in [5.41, 5.74) is 8.68. The number of allylic oxidation sites excluding steroid dienone is 1. The molecule has 0 spiro atoms. The second kappa shape index (κ2) is 9.21. The largest absolute Gasteiger partial charge is 0.382 e. The molecular weight excluding hydrogens is 433 g/mol. The molecule has 4 unspecified atom stereocenters. The van der Waals surface area contributed by atoms with E-state index in [1.807, 2.05) is 18.2 Å². The zero-order valence-corrected chi connectivity index (χ0v) is 19.6. The van der Waals surface area contributed by atoms with Crippen molar-refractivity contribution in [1.29, 1.82) is 0 Å². The van der Waals surface area contributed by atoms with Crippen molar-refractivity contribution in [3.05, 3.63) is 47.9 Å². The van der Waals surface area contributed by atoms with E-state index in [0.29, 0.717) is 6.04 Å². The minimum Gasteiger partial charge on any atom is -0.382 e. The van der Waals surface area contributed by atoms with Gasteiger partial charge in [-0.1, -0.05) is 12.2 Å². The number of hydrogen-bond donors (Lipinski definition) is 4.